The Morgan fingerprint density at radius 2 is 1.62 bits per heavy atom. The van der Waals surface area contributed by atoms with Crippen LogP contribution in [0.5, 0.6) is 0 Å². The maximum Gasteiger partial charge on any atom is 0.226 e. The van der Waals surface area contributed by atoms with Crippen LogP contribution in [0.1, 0.15) is 73.1 Å². The topological polar surface area (TPSA) is 41.1 Å². The van der Waals surface area contributed by atoms with Crippen LogP contribution in [0.3, 0.4) is 0 Å². The first kappa shape index (κ1) is 16.8. The van der Waals surface area contributed by atoms with Crippen molar-refractivity contribution in [2.24, 2.45) is 16.2 Å². The molecule has 3 heteroatoms. The first-order chi connectivity index (χ1) is 9.68. The van der Waals surface area contributed by atoms with E-state index in [9.17, 15) is 4.79 Å². The standard InChI is InChI=1S/C18H34N2O/c1-6-18(7-9-19-10-8-18)15(21)20-14-11-16(2,3)13-17(4,5)12-14/h14,19H,6-13H2,1-5H3,(H,20,21). The Bertz CT molecular complexity index is 365. The SMILES string of the molecule is CCC1(C(=O)NC2CC(C)(C)CC(C)(C)C2)CCNCC1. The van der Waals surface area contributed by atoms with E-state index in [0.29, 0.717) is 22.8 Å². The molecular formula is C18H34N2O. The molecule has 0 aromatic rings. The maximum absolute atomic E-state index is 12.9. The molecule has 2 aliphatic rings. The van der Waals surface area contributed by atoms with Gasteiger partial charge in [0.15, 0.2) is 0 Å². The van der Waals surface area contributed by atoms with E-state index in [-0.39, 0.29) is 5.41 Å². The van der Waals surface area contributed by atoms with Gasteiger partial charge in [-0.05, 0) is 62.4 Å². The molecule has 1 saturated heterocycles. The summed E-state index contributed by atoms with van der Waals surface area (Å²) in [6, 6.07) is 0.342. The second kappa shape index (κ2) is 5.91. The quantitative estimate of drug-likeness (QED) is 0.836. The highest BCUT2D eigenvalue weighted by Gasteiger charge is 2.42. The summed E-state index contributed by atoms with van der Waals surface area (Å²) < 4.78 is 0. The number of hydrogen-bond acceptors (Lipinski definition) is 2. The van der Waals surface area contributed by atoms with Crippen LogP contribution in [0.15, 0.2) is 0 Å². The van der Waals surface area contributed by atoms with E-state index in [2.05, 4.69) is 45.3 Å². The molecular weight excluding hydrogens is 260 g/mol. The van der Waals surface area contributed by atoms with Crippen molar-refractivity contribution in [1.82, 2.24) is 10.6 Å². The average molecular weight is 294 g/mol. The minimum atomic E-state index is -0.128. The summed E-state index contributed by atoms with van der Waals surface area (Å²) in [5.74, 6) is 0.310. The number of piperidine rings is 1. The number of carbonyl (C=O) groups excluding carboxylic acids is 1. The Kier molecular flexibility index (Phi) is 4.72. The van der Waals surface area contributed by atoms with Crippen LogP contribution in [-0.4, -0.2) is 25.0 Å². The van der Waals surface area contributed by atoms with Crippen LogP contribution < -0.4 is 10.6 Å². The van der Waals surface area contributed by atoms with Gasteiger partial charge in [0.1, 0.15) is 0 Å². The zero-order valence-electron chi connectivity index (χ0n) is 14.6. The Morgan fingerprint density at radius 3 is 2.10 bits per heavy atom. The smallest absolute Gasteiger partial charge is 0.226 e. The molecule has 0 unspecified atom stereocenters. The highest BCUT2D eigenvalue weighted by molar-refractivity contribution is 5.83. The van der Waals surface area contributed by atoms with Crippen molar-refractivity contribution in [3.63, 3.8) is 0 Å². The van der Waals surface area contributed by atoms with Crippen molar-refractivity contribution in [2.75, 3.05) is 13.1 Å². The number of nitrogens with one attached hydrogen (secondary N) is 2. The summed E-state index contributed by atoms with van der Waals surface area (Å²) in [4.78, 5) is 12.9. The van der Waals surface area contributed by atoms with Crippen LogP contribution in [0, 0.1) is 16.2 Å². The molecule has 0 spiro atoms. The van der Waals surface area contributed by atoms with Gasteiger partial charge >= 0.3 is 0 Å². The molecule has 1 saturated carbocycles. The van der Waals surface area contributed by atoms with Gasteiger partial charge in [0.05, 0.1) is 5.41 Å². The molecule has 1 aliphatic carbocycles. The number of amides is 1. The molecule has 1 amide bonds. The molecule has 2 N–H and O–H groups in total. The molecule has 2 rings (SSSR count). The van der Waals surface area contributed by atoms with Gasteiger partial charge in [-0.1, -0.05) is 34.6 Å². The molecule has 1 aliphatic heterocycles. The van der Waals surface area contributed by atoms with E-state index < -0.39 is 0 Å². The summed E-state index contributed by atoms with van der Waals surface area (Å²) in [7, 11) is 0. The summed E-state index contributed by atoms with van der Waals surface area (Å²) in [5.41, 5.74) is 0.525. The lowest BCUT2D eigenvalue weighted by atomic mass is 9.63. The lowest BCUT2D eigenvalue weighted by Gasteiger charge is -2.46. The lowest BCUT2D eigenvalue weighted by molar-refractivity contribution is -0.134. The summed E-state index contributed by atoms with van der Waals surface area (Å²) >= 11 is 0. The fourth-order valence-corrected chi connectivity index (χ4v) is 4.93. The van der Waals surface area contributed by atoms with Crippen molar-refractivity contribution in [1.29, 1.82) is 0 Å². The molecule has 3 nitrogen and oxygen atoms in total. The highest BCUT2D eigenvalue weighted by atomic mass is 16.2. The maximum atomic E-state index is 12.9. The summed E-state index contributed by atoms with van der Waals surface area (Å²) in [5, 5.41) is 6.80. The third-order valence-electron chi connectivity index (χ3n) is 5.61. The van der Waals surface area contributed by atoms with Crippen LogP contribution in [0.25, 0.3) is 0 Å². The Morgan fingerprint density at radius 1 is 1.10 bits per heavy atom. The van der Waals surface area contributed by atoms with Crippen LogP contribution >= 0.6 is 0 Å². The van der Waals surface area contributed by atoms with E-state index in [0.717, 1.165) is 45.2 Å². The number of rotatable bonds is 3. The van der Waals surface area contributed by atoms with Gasteiger partial charge in [0.2, 0.25) is 5.91 Å². The predicted octanol–water partition coefficient (Wildman–Crippen LogP) is 3.49. The molecule has 21 heavy (non-hydrogen) atoms. The van der Waals surface area contributed by atoms with E-state index in [1.54, 1.807) is 0 Å². The van der Waals surface area contributed by atoms with Gasteiger partial charge in [-0.2, -0.15) is 0 Å². The van der Waals surface area contributed by atoms with Gasteiger partial charge in [-0.3, -0.25) is 4.79 Å². The lowest BCUT2D eigenvalue weighted by Crippen LogP contribution is -2.53. The summed E-state index contributed by atoms with van der Waals surface area (Å²) in [6.45, 7) is 13.5. The zero-order valence-corrected chi connectivity index (χ0v) is 14.6. The third kappa shape index (κ3) is 4.00. The Labute approximate surface area is 130 Å². The van der Waals surface area contributed by atoms with E-state index in [4.69, 9.17) is 0 Å². The van der Waals surface area contributed by atoms with Gasteiger partial charge in [-0.25, -0.2) is 0 Å². The van der Waals surface area contributed by atoms with Gasteiger partial charge in [0, 0.05) is 6.04 Å². The van der Waals surface area contributed by atoms with Crippen molar-refractivity contribution in [2.45, 2.75) is 79.2 Å². The molecule has 1 heterocycles. The Hall–Kier alpha value is -0.570. The predicted molar refractivity (Wildman–Crippen MR) is 88.2 cm³/mol. The van der Waals surface area contributed by atoms with Crippen molar-refractivity contribution < 1.29 is 4.79 Å². The molecule has 122 valence electrons. The van der Waals surface area contributed by atoms with Gasteiger partial charge in [-0.15, -0.1) is 0 Å². The normalized spacial score (nSPS) is 28.0. The molecule has 0 bridgehead atoms. The largest absolute Gasteiger partial charge is 0.353 e. The number of hydrogen-bond donors (Lipinski definition) is 2. The molecule has 0 aromatic carbocycles. The first-order valence-electron chi connectivity index (χ1n) is 8.70. The fraction of sp³-hybridized carbons (Fsp3) is 0.944. The molecule has 0 radical (unpaired) electrons. The molecule has 0 atom stereocenters. The monoisotopic (exact) mass is 294 g/mol. The van der Waals surface area contributed by atoms with Crippen molar-refractivity contribution in [3.05, 3.63) is 0 Å². The molecule has 0 aromatic heterocycles. The minimum absolute atomic E-state index is 0.128. The molecule has 2 fully saturated rings. The average Bonchev–Trinajstić information content (AvgIpc) is 2.35. The van der Waals surface area contributed by atoms with E-state index in [1.165, 1.54) is 6.42 Å². The fourth-order valence-electron chi connectivity index (χ4n) is 4.93. The Balaban J connectivity index is 2.04. The van der Waals surface area contributed by atoms with Gasteiger partial charge < -0.3 is 10.6 Å². The first-order valence-corrected chi connectivity index (χ1v) is 8.70. The van der Waals surface area contributed by atoms with E-state index in [1.807, 2.05) is 0 Å². The van der Waals surface area contributed by atoms with Crippen LogP contribution in [0.2, 0.25) is 0 Å². The highest BCUT2D eigenvalue weighted by Crippen LogP contribution is 2.46. The summed E-state index contributed by atoms with van der Waals surface area (Å²) in [6.07, 6.45) is 6.39. The minimum Gasteiger partial charge on any atom is -0.353 e. The second-order valence-corrected chi connectivity index (χ2v) is 8.97. The second-order valence-electron chi connectivity index (χ2n) is 8.97. The zero-order chi connectivity index (χ0) is 15.7. The number of carbonyl (C=O) groups is 1. The van der Waals surface area contributed by atoms with Crippen molar-refractivity contribution in [3.8, 4) is 0 Å². The van der Waals surface area contributed by atoms with Crippen LogP contribution in [0.4, 0.5) is 0 Å². The van der Waals surface area contributed by atoms with Crippen LogP contribution in [-0.2, 0) is 4.79 Å². The third-order valence-corrected chi connectivity index (χ3v) is 5.61. The van der Waals surface area contributed by atoms with E-state index >= 15 is 0 Å². The van der Waals surface area contributed by atoms with Gasteiger partial charge in [0.25, 0.3) is 0 Å². The van der Waals surface area contributed by atoms with Crippen molar-refractivity contribution >= 4 is 5.91 Å².